The van der Waals surface area contributed by atoms with Crippen molar-refractivity contribution < 1.29 is 9.84 Å². The Hall–Kier alpha value is -0.590. The average Bonchev–Trinajstić information content (AvgIpc) is 2.79. The number of ether oxygens (including phenoxy) is 1. The number of aliphatic hydroxyl groups excluding tert-OH is 1. The molecule has 3 nitrogen and oxygen atoms in total. The van der Waals surface area contributed by atoms with Crippen LogP contribution < -0.4 is 0 Å². The molecule has 15 heavy (non-hydrogen) atoms. The maximum absolute atomic E-state index is 10.3. The number of nitrogens with zero attached hydrogens (tertiary/aromatic N) is 1. The number of aliphatic hydroxyl groups is 1. The molecule has 0 radical (unpaired) electrons. The summed E-state index contributed by atoms with van der Waals surface area (Å²) in [6.07, 6.45) is 5.43. The molecule has 1 saturated heterocycles. The van der Waals surface area contributed by atoms with E-state index in [1.807, 2.05) is 0 Å². The lowest BCUT2D eigenvalue weighted by molar-refractivity contribution is -0.0506. The quantitative estimate of drug-likeness (QED) is 0.755. The number of nitriles is 1. The molecule has 0 aromatic rings. The van der Waals surface area contributed by atoms with E-state index in [0.717, 1.165) is 45.1 Å². The minimum Gasteiger partial charge on any atom is -0.391 e. The summed E-state index contributed by atoms with van der Waals surface area (Å²) in [5.74, 6) is 0.177. The van der Waals surface area contributed by atoms with Crippen molar-refractivity contribution in [2.24, 2.45) is 11.3 Å². The van der Waals surface area contributed by atoms with Gasteiger partial charge in [-0.1, -0.05) is 12.8 Å². The Labute approximate surface area is 91.0 Å². The van der Waals surface area contributed by atoms with Crippen molar-refractivity contribution in [1.82, 2.24) is 0 Å². The average molecular weight is 209 g/mol. The van der Waals surface area contributed by atoms with Gasteiger partial charge in [0.05, 0.1) is 24.2 Å². The van der Waals surface area contributed by atoms with Crippen LogP contribution in [0.2, 0.25) is 0 Å². The second-order valence-electron chi connectivity index (χ2n) is 4.90. The summed E-state index contributed by atoms with van der Waals surface area (Å²) >= 11 is 0. The molecule has 1 N–H and O–H groups in total. The monoisotopic (exact) mass is 209 g/mol. The van der Waals surface area contributed by atoms with Crippen LogP contribution in [0.5, 0.6) is 0 Å². The van der Waals surface area contributed by atoms with E-state index in [-0.39, 0.29) is 5.92 Å². The Balaban J connectivity index is 2.04. The second-order valence-corrected chi connectivity index (χ2v) is 4.90. The normalized spacial score (nSPS) is 32.1. The van der Waals surface area contributed by atoms with Crippen molar-refractivity contribution in [2.75, 3.05) is 13.2 Å². The Kier molecular flexibility index (Phi) is 3.28. The maximum Gasteiger partial charge on any atom is 0.0835 e. The molecule has 2 unspecified atom stereocenters. The fraction of sp³-hybridized carbons (Fsp3) is 0.917. The molecule has 84 valence electrons. The fourth-order valence-electron chi connectivity index (χ4n) is 2.95. The number of hydrogen-bond donors (Lipinski definition) is 1. The summed E-state index contributed by atoms with van der Waals surface area (Å²) < 4.78 is 5.38. The molecule has 1 heterocycles. The van der Waals surface area contributed by atoms with E-state index in [9.17, 15) is 10.4 Å². The van der Waals surface area contributed by atoms with Crippen LogP contribution in [-0.2, 0) is 4.74 Å². The van der Waals surface area contributed by atoms with Gasteiger partial charge in [0.2, 0.25) is 0 Å². The zero-order valence-electron chi connectivity index (χ0n) is 9.11. The van der Waals surface area contributed by atoms with Gasteiger partial charge in [-0.25, -0.2) is 0 Å². The number of rotatable bonds is 2. The van der Waals surface area contributed by atoms with Crippen LogP contribution in [-0.4, -0.2) is 24.4 Å². The highest BCUT2D eigenvalue weighted by molar-refractivity contribution is 5.07. The van der Waals surface area contributed by atoms with Crippen LogP contribution in [0.1, 0.15) is 38.5 Å². The fourth-order valence-corrected chi connectivity index (χ4v) is 2.95. The van der Waals surface area contributed by atoms with Crippen molar-refractivity contribution in [3.05, 3.63) is 0 Å². The molecule has 1 aliphatic carbocycles. The van der Waals surface area contributed by atoms with Gasteiger partial charge in [-0.05, 0) is 25.7 Å². The minimum atomic E-state index is -0.481. The van der Waals surface area contributed by atoms with Gasteiger partial charge in [-0.15, -0.1) is 0 Å². The van der Waals surface area contributed by atoms with Crippen molar-refractivity contribution in [2.45, 2.75) is 44.6 Å². The standard InChI is InChI=1S/C12H19NO2/c13-9-12(5-1-2-6-12)11(14)10-4-3-7-15-8-10/h10-11,14H,1-8H2. The molecule has 3 heteroatoms. The highest BCUT2D eigenvalue weighted by Gasteiger charge is 2.44. The first kappa shape index (κ1) is 10.9. The predicted molar refractivity (Wildman–Crippen MR) is 56.1 cm³/mol. The molecule has 0 aromatic heterocycles. The van der Waals surface area contributed by atoms with Crippen LogP contribution in [0.25, 0.3) is 0 Å². The van der Waals surface area contributed by atoms with Gasteiger partial charge in [0, 0.05) is 12.5 Å². The minimum absolute atomic E-state index is 0.177. The summed E-state index contributed by atoms with van der Waals surface area (Å²) in [6, 6.07) is 2.37. The lowest BCUT2D eigenvalue weighted by Crippen LogP contribution is -2.41. The van der Waals surface area contributed by atoms with Gasteiger partial charge >= 0.3 is 0 Å². The van der Waals surface area contributed by atoms with E-state index in [4.69, 9.17) is 4.74 Å². The van der Waals surface area contributed by atoms with Gasteiger partial charge in [0.1, 0.15) is 0 Å². The lowest BCUT2D eigenvalue weighted by atomic mass is 9.74. The summed E-state index contributed by atoms with van der Waals surface area (Å²) in [7, 11) is 0. The van der Waals surface area contributed by atoms with E-state index in [1.54, 1.807) is 0 Å². The van der Waals surface area contributed by atoms with E-state index >= 15 is 0 Å². The maximum atomic E-state index is 10.3. The number of hydrogen-bond acceptors (Lipinski definition) is 3. The zero-order chi connectivity index (χ0) is 10.7. The molecule has 1 saturated carbocycles. The van der Waals surface area contributed by atoms with Gasteiger partial charge in [0.15, 0.2) is 0 Å². The smallest absolute Gasteiger partial charge is 0.0835 e. The molecular weight excluding hydrogens is 190 g/mol. The molecule has 2 atom stereocenters. The highest BCUT2D eigenvalue weighted by Crippen LogP contribution is 2.44. The van der Waals surface area contributed by atoms with Crippen LogP contribution >= 0.6 is 0 Å². The third-order valence-corrected chi connectivity index (χ3v) is 3.93. The van der Waals surface area contributed by atoms with Gasteiger partial charge in [0.25, 0.3) is 0 Å². The van der Waals surface area contributed by atoms with E-state index in [1.165, 1.54) is 0 Å². The van der Waals surface area contributed by atoms with Crippen LogP contribution in [0, 0.1) is 22.7 Å². The van der Waals surface area contributed by atoms with Crippen LogP contribution in [0.4, 0.5) is 0 Å². The van der Waals surface area contributed by atoms with Gasteiger partial charge in [-0.2, -0.15) is 5.26 Å². The molecule has 0 amide bonds. The topological polar surface area (TPSA) is 53.2 Å². The van der Waals surface area contributed by atoms with E-state index < -0.39 is 11.5 Å². The SMILES string of the molecule is N#CC1(C(O)C2CCCOC2)CCCC1. The summed E-state index contributed by atoms with van der Waals surface area (Å²) in [4.78, 5) is 0. The molecule has 0 bridgehead atoms. The first-order chi connectivity index (χ1) is 7.28. The summed E-state index contributed by atoms with van der Waals surface area (Å²) in [5.41, 5.74) is -0.467. The Morgan fingerprint density at radius 1 is 1.33 bits per heavy atom. The van der Waals surface area contributed by atoms with E-state index in [0.29, 0.717) is 6.61 Å². The lowest BCUT2D eigenvalue weighted by Gasteiger charge is -2.35. The molecule has 1 aliphatic heterocycles. The van der Waals surface area contributed by atoms with Crippen molar-refractivity contribution in [3.63, 3.8) is 0 Å². The Morgan fingerprint density at radius 2 is 2.07 bits per heavy atom. The van der Waals surface area contributed by atoms with Crippen molar-refractivity contribution in [1.29, 1.82) is 5.26 Å². The van der Waals surface area contributed by atoms with Crippen molar-refractivity contribution >= 4 is 0 Å². The summed E-state index contributed by atoms with van der Waals surface area (Å²) in [6.45, 7) is 1.44. The molecule has 0 aromatic carbocycles. The molecular formula is C12H19NO2. The molecule has 2 aliphatic rings. The zero-order valence-corrected chi connectivity index (χ0v) is 9.11. The summed E-state index contributed by atoms with van der Waals surface area (Å²) in [5, 5.41) is 19.6. The third-order valence-electron chi connectivity index (χ3n) is 3.93. The molecule has 0 spiro atoms. The Morgan fingerprint density at radius 3 is 2.60 bits per heavy atom. The predicted octanol–water partition coefficient (Wildman–Crippen LogP) is 1.86. The second kappa shape index (κ2) is 4.51. The molecule has 2 rings (SSSR count). The Bertz CT molecular complexity index is 247. The first-order valence-electron chi connectivity index (χ1n) is 5.95. The largest absolute Gasteiger partial charge is 0.391 e. The highest BCUT2D eigenvalue weighted by atomic mass is 16.5. The molecule has 2 fully saturated rings. The van der Waals surface area contributed by atoms with Gasteiger partial charge in [-0.3, -0.25) is 0 Å². The van der Waals surface area contributed by atoms with Crippen LogP contribution in [0.15, 0.2) is 0 Å². The third kappa shape index (κ3) is 2.02. The van der Waals surface area contributed by atoms with Crippen molar-refractivity contribution in [3.8, 4) is 6.07 Å². The van der Waals surface area contributed by atoms with Crippen LogP contribution in [0.3, 0.4) is 0 Å². The first-order valence-corrected chi connectivity index (χ1v) is 5.95. The van der Waals surface area contributed by atoms with Gasteiger partial charge < -0.3 is 9.84 Å². The van der Waals surface area contributed by atoms with E-state index in [2.05, 4.69) is 6.07 Å².